The standard InChI is InChI=1S/C13H25N3/c1-3-4-5-8-11-15-13(14-2)16-12-9-6-7-10-12/h6-7,12H,3-5,8-11H2,1-2H3,(H2,14,15,16). The van der Waals surface area contributed by atoms with Gasteiger partial charge in [0.15, 0.2) is 5.96 Å². The fourth-order valence-electron chi connectivity index (χ4n) is 1.88. The van der Waals surface area contributed by atoms with E-state index in [1.807, 2.05) is 7.05 Å². The zero-order chi connectivity index (χ0) is 11.6. The molecule has 0 saturated heterocycles. The molecular formula is C13H25N3. The highest BCUT2D eigenvalue weighted by Gasteiger charge is 2.10. The van der Waals surface area contributed by atoms with Crippen LogP contribution in [0.15, 0.2) is 17.1 Å². The molecule has 0 atom stereocenters. The Labute approximate surface area is 99.4 Å². The maximum atomic E-state index is 4.24. The van der Waals surface area contributed by atoms with Gasteiger partial charge < -0.3 is 10.6 Å². The minimum Gasteiger partial charge on any atom is -0.356 e. The van der Waals surface area contributed by atoms with Crippen molar-refractivity contribution in [2.24, 2.45) is 4.99 Å². The van der Waals surface area contributed by atoms with Crippen LogP contribution < -0.4 is 10.6 Å². The number of aliphatic imine (C=N–C) groups is 1. The third kappa shape index (κ3) is 5.19. The molecule has 0 fully saturated rings. The van der Waals surface area contributed by atoms with Gasteiger partial charge in [-0.25, -0.2) is 0 Å². The van der Waals surface area contributed by atoms with Crippen LogP contribution in [0.3, 0.4) is 0 Å². The Hall–Kier alpha value is -0.990. The Bertz CT molecular complexity index is 225. The van der Waals surface area contributed by atoms with E-state index in [1.54, 1.807) is 0 Å². The van der Waals surface area contributed by atoms with Crippen LogP contribution in [0.25, 0.3) is 0 Å². The predicted octanol–water partition coefficient (Wildman–Crippen LogP) is 2.45. The first-order valence-electron chi connectivity index (χ1n) is 6.49. The van der Waals surface area contributed by atoms with Gasteiger partial charge in [-0.1, -0.05) is 38.3 Å². The minimum absolute atomic E-state index is 0.543. The highest BCUT2D eigenvalue weighted by atomic mass is 15.2. The van der Waals surface area contributed by atoms with E-state index in [2.05, 4.69) is 34.7 Å². The van der Waals surface area contributed by atoms with Crippen LogP contribution in [0.5, 0.6) is 0 Å². The summed E-state index contributed by atoms with van der Waals surface area (Å²) < 4.78 is 0. The summed E-state index contributed by atoms with van der Waals surface area (Å²) in [5, 5.41) is 6.80. The van der Waals surface area contributed by atoms with Gasteiger partial charge in [-0.15, -0.1) is 0 Å². The molecule has 0 spiro atoms. The van der Waals surface area contributed by atoms with Crippen LogP contribution in [-0.4, -0.2) is 25.6 Å². The van der Waals surface area contributed by atoms with E-state index in [1.165, 1.54) is 25.7 Å². The fraction of sp³-hybridized carbons (Fsp3) is 0.769. The number of hydrogen-bond donors (Lipinski definition) is 2. The average Bonchev–Trinajstić information content (AvgIpc) is 2.80. The van der Waals surface area contributed by atoms with Gasteiger partial charge in [-0.2, -0.15) is 0 Å². The van der Waals surface area contributed by atoms with Gasteiger partial charge in [-0.3, -0.25) is 4.99 Å². The molecule has 0 heterocycles. The van der Waals surface area contributed by atoms with Crippen molar-refractivity contribution in [3.63, 3.8) is 0 Å². The lowest BCUT2D eigenvalue weighted by Gasteiger charge is -2.16. The minimum atomic E-state index is 0.543. The van der Waals surface area contributed by atoms with Crippen LogP contribution >= 0.6 is 0 Å². The molecule has 0 amide bonds. The molecule has 1 aliphatic carbocycles. The molecule has 3 heteroatoms. The van der Waals surface area contributed by atoms with Crippen molar-refractivity contribution in [2.45, 2.75) is 51.5 Å². The van der Waals surface area contributed by atoms with E-state index in [0.717, 1.165) is 25.3 Å². The van der Waals surface area contributed by atoms with E-state index in [4.69, 9.17) is 0 Å². The van der Waals surface area contributed by atoms with E-state index >= 15 is 0 Å². The summed E-state index contributed by atoms with van der Waals surface area (Å²) in [4.78, 5) is 4.24. The van der Waals surface area contributed by atoms with Gasteiger partial charge >= 0.3 is 0 Å². The molecule has 0 aromatic rings. The van der Waals surface area contributed by atoms with Crippen molar-refractivity contribution < 1.29 is 0 Å². The quantitative estimate of drug-likeness (QED) is 0.314. The molecule has 0 aromatic heterocycles. The van der Waals surface area contributed by atoms with Crippen molar-refractivity contribution in [3.8, 4) is 0 Å². The second kappa shape index (κ2) is 8.20. The third-order valence-corrected chi connectivity index (χ3v) is 2.90. The Morgan fingerprint density at radius 3 is 2.62 bits per heavy atom. The molecule has 0 radical (unpaired) electrons. The second-order valence-corrected chi connectivity index (χ2v) is 4.34. The molecular weight excluding hydrogens is 198 g/mol. The van der Waals surface area contributed by atoms with E-state index < -0.39 is 0 Å². The Kier molecular flexibility index (Phi) is 6.70. The molecule has 0 unspecified atom stereocenters. The maximum Gasteiger partial charge on any atom is 0.191 e. The van der Waals surface area contributed by atoms with Crippen molar-refractivity contribution in [1.29, 1.82) is 0 Å². The van der Waals surface area contributed by atoms with Crippen LogP contribution in [0, 0.1) is 0 Å². The summed E-state index contributed by atoms with van der Waals surface area (Å²) in [6, 6.07) is 0.543. The van der Waals surface area contributed by atoms with Gasteiger partial charge in [0.25, 0.3) is 0 Å². The smallest absolute Gasteiger partial charge is 0.191 e. The number of nitrogens with one attached hydrogen (secondary N) is 2. The highest BCUT2D eigenvalue weighted by Crippen LogP contribution is 2.08. The number of rotatable bonds is 6. The number of unbranched alkanes of at least 4 members (excludes halogenated alkanes) is 3. The monoisotopic (exact) mass is 223 g/mol. The first kappa shape index (κ1) is 13.1. The number of nitrogens with zero attached hydrogens (tertiary/aromatic N) is 1. The number of guanidine groups is 1. The molecule has 1 aliphatic rings. The molecule has 0 saturated carbocycles. The van der Waals surface area contributed by atoms with Gasteiger partial charge in [-0.05, 0) is 19.3 Å². The van der Waals surface area contributed by atoms with Gasteiger partial charge in [0.1, 0.15) is 0 Å². The molecule has 0 bridgehead atoms. The van der Waals surface area contributed by atoms with E-state index in [9.17, 15) is 0 Å². The summed E-state index contributed by atoms with van der Waals surface area (Å²) in [6.07, 6.45) is 11.9. The van der Waals surface area contributed by atoms with E-state index in [0.29, 0.717) is 6.04 Å². The Morgan fingerprint density at radius 2 is 2.00 bits per heavy atom. The molecule has 16 heavy (non-hydrogen) atoms. The van der Waals surface area contributed by atoms with Crippen LogP contribution in [-0.2, 0) is 0 Å². The summed E-state index contributed by atoms with van der Waals surface area (Å²) >= 11 is 0. The van der Waals surface area contributed by atoms with Gasteiger partial charge in [0.2, 0.25) is 0 Å². The lowest BCUT2D eigenvalue weighted by molar-refractivity contribution is 0.614. The van der Waals surface area contributed by atoms with E-state index in [-0.39, 0.29) is 0 Å². The molecule has 1 rings (SSSR count). The van der Waals surface area contributed by atoms with Crippen molar-refractivity contribution in [1.82, 2.24) is 10.6 Å². The third-order valence-electron chi connectivity index (χ3n) is 2.90. The Balaban J connectivity index is 2.07. The zero-order valence-corrected chi connectivity index (χ0v) is 10.6. The van der Waals surface area contributed by atoms with Crippen LogP contribution in [0.1, 0.15) is 45.4 Å². The number of hydrogen-bond acceptors (Lipinski definition) is 1. The maximum absolute atomic E-state index is 4.24. The predicted molar refractivity (Wildman–Crippen MR) is 70.8 cm³/mol. The fourth-order valence-corrected chi connectivity index (χ4v) is 1.88. The lowest BCUT2D eigenvalue weighted by atomic mass is 10.2. The molecule has 0 aliphatic heterocycles. The Morgan fingerprint density at radius 1 is 1.25 bits per heavy atom. The van der Waals surface area contributed by atoms with Crippen LogP contribution in [0.4, 0.5) is 0 Å². The highest BCUT2D eigenvalue weighted by molar-refractivity contribution is 5.80. The average molecular weight is 223 g/mol. The summed E-state index contributed by atoms with van der Waals surface area (Å²) in [6.45, 7) is 3.26. The molecule has 92 valence electrons. The van der Waals surface area contributed by atoms with Crippen LogP contribution in [0.2, 0.25) is 0 Å². The van der Waals surface area contributed by atoms with Gasteiger partial charge in [0.05, 0.1) is 0 Å². The topological polar surface area (TPSA) is 36.4 Å². The summed E-state index contributed by atoms with van der Waals surface area (Å²) in [7, 11) is 1.84. The SMILES string of the molecule is CCCCCCNC(=NC)NC1CC=CC1. The molecule has 0 aromatic carbocycles. The second-order valence-electron chi connectivity index (χ2n) is 4.34. The van der Waals surface area contributed by atoms with Crippen molar-refractivity contribution >= 4 is 5.96 Å². The van der Waals surface area contributed by atoms with Crippen molar-refractivity contribution in [2.75, 3.05) is 13.6 Å². The van der Waals surface area contributed by atoms with Crippen molar-refractivity contribution in [3.05, 3.63) is 12.2 Å². The van der Waals surface area contributed by atoms with Gasteiger partial charge in [0, 0.05) is 19.6 Å². The lowest BCUT2D eigenvalue weighted by Crippen LogP contribution is -2.42. The zero-order valence-electron chi connectivity index (χ0n) is 10.6. The molecule has 3 nitrogen and oxygen atoms in total. The first-order chi connectivity index (χ1) is 7.86. The summed E-state index contributed by atoms with van der Waals surface area (Å²) in [5.74, 6) is 0.949. The molecule has 2 N–H and O–H groups in total. The first-order valence-corrected chi connectivity index (χ1v) is 6.49. The largest absolute Gasteiger partial charge is 0.356 e. The summed E-state index contributed by atoms with van der Waals surface area (Å²) in [5.41, 5.74) is 0. The normalized spacial score (nSPS) is 16.8.